The zero-order valence-corrected chi connectivity index (χ0v) is 13.1. The SMILES string of the molecule is CNCCCNC(=O)c1cnn(-c2ccccc2)c1C.Cl. The van der Waals surface area contributed by atoms with E-state index in [1.54, 1.807) is 10.9 Å². The molecular formula is C15H21ClN4O. The fourth-order valence-corrected chi connectivity index (χ4v) is 2.02. The van der Waals surface area contributed by atoms with Gasteiger partial charge in [0.25, 0.3) is 5.91 Å². The number of amides is 1. The number of halogens is 1. The van der Waals surface area contributed by atoms with E-state index in [-0.39, 0.29) is 18.3 Å². The first-order valence-corrected chi connectivity index (χ1v) is 6.77. The van der Waals surface area contributed by atoms with Gasteiger partial charge in [-0.15, -0.1) is 12.4 Å². The van der Waals surface area contributed by atoms with Crippen molar-refractivity contribution in [1.29, 1.82) is 0 Å². The number of rotatable bonds is 6. The molecule has 5 nitrogen and oxygen atoms in total. The Morgan fingerprint density at radius 3 is 2.62 bits per heavy atom. The predicted molar refractivity (Wildman–Crippen MR) is 86.4 cm³/mol. The predicted octanol–water partition coefficient (Wildman–Crippen LogP) is 1.94. The fourth-order valence-electron chi connectivity index (χ4n) is 2.02. The van der Waals surface area contributed by atoms with Gasteiger partial charge >= 0.3 is 0 Å². The van der Waals surface area contributed by atoms with Gasteiger partial charge in [0.05, 0.1) is 23.1 Å². The number of aromatic nitrogens is 2. The third-order valence-corrected chi connectivity index (χ3v) is 3.14. The van der Waals surface area contributed by atoms with E-state index in [2.05, 4.69) is 15.7 Å². The molecule has 0 fully saturated rings. The Morgan fingerprint density at radius 2 is 1.95 bits per heavy atom. The van der Waals surface area contributed by atoms with Gasteiger partial charge in [0.1, 0.15) is 0 Å². The molecule has 1 heterocycles. The van der Waals surface area contributed by atoms with Gasteiger partial charge in [0.2, 0.25) is 0 Å². The van der Waals surface area contributed by atoms with Gasteiger partial charge in [-0.2, -0.15) is 5.10 Å². The molecule has 1 amide bonds. The van der Waals surface area contributed by atoms with Crippen LogP contribution in [0.15, 0.2) is 36.5 Å². The molecule has 2 rings (SSSR count). The van der Waals surface area contributed by atoms with Gasteiger partial charge in [-0.3, -0.25) is 4.79 Å². The number of hydrogen-bond acceptors (Lipinski definition) is 3. The van der Waals surface area contributed by atoms with E-state index in [4.69, 9.17) is 0 Å². The fraction of sp³-hybridized carbons (Fsp3) is 0.333. The molecule has 0 aliphatic rings. The van der Waals surface area contributed by atoms with Crippen LogP contribution >= 0.6 is 12.4 Å². The normalized spacial score (nSPS) is 10.0. The summed E-state index contributed by atoms with van der Waals surface area (Å²) in [6.45, 7) is 3.46. The first kappa shape index (κ1) is 17.2. The third kappa shape index (κ3) is 4.31. The van der Waals surface area contributed by atoms with Gasteiger partial charge in [0.15, 0.2) is 0 Å². The summed E-state index contributed by atoms with van der Waals surface area (Å²) >= 11 is 0. The van der Waals surface area contributed by atoms with E-state index in [9.17, 15) is 4.79 Å². The Hall–Kier alpha value is -1.85. The van der Waals surface area contributed by atoms with Crippen LogP contribution < -0.4 is 10.6 Å². The van der Waals surface area contributed by atoms with Crippen molar-refractivity contribution in [1.82, 2.24) is 20.4 Å². The maximum absolute atomic E-state index is 12.1. The molecule has 1 aromatic heterocycles. The maximum atomic E-state index is 12.1. The second-order valence-electron chi connectivity index (χ2n) is 4.60. The van der Waals surface area contributed by atoms with Crippen LogP contribution in [0.25, 0.3) is 5.69 Å². The highest BCUT2D eigenvalue weighted by Crippen LogP contribution is 2.13. The Morgan fingerprint density at radius 1 is 1.24 bits per heavy atom. The summed E-state index contributed by atoms with van der Waals surface area (Å²) in [5.41, 5.74) is 2.43. The Balaban J connectivity index is 0.00000220. The van der Waals surface area contributed by atoms with Crippen molar-refractivity contribution in [2.24, 2.45) is 0 Å². The van der Waals surface area contributed by atoms with Crippen molar-refractivity contribution in [3.63, 3.8) is 0 Å². The maximum Gasteiger partial charge on any atom is 0.254 e. The number of hydrogen-bond donors (Lipinski definition) is 2. The summed E-state index contributed by atoms with van der Waals surface area (Å²) < 4.78 is 1.78. The molecule has 2 aromatic rings. The minimum Gasteiger partial charge on any atom is -0.352 e. The number of carbonyl (C=O) groups is 1. The lowest BCUT2D eigenvalue weighted by Gasteiger charge is -2.06. The molecule has 0 saturated heterocycles. The highest BCUT2D eigenvalue weighted by Gasteiger charge is 2.14. The molecule has 114 valence electrons. The van der Waals surface area contributed by atoms with E-state index in [1.165, 1.54) is 0 Å². The lowest BCUT2D eigenvalue weighted by Crippen LogP contribution is -2.26. The van der Waals surface area contributed by atoms with Gasteiger partial charge in [0, 0.05) is 6.54 Å². The second-order valence-corrected chi connectivity index (χ2v) is 4.60. The second kappa shape index (κ2) is 8.44. The molecule has 0 atom stereocenters. The number of nitrogens with one attached hydrogen (secondary N) is 2. The first-order valence-electron chi connectivity index (χ1n) is 6.77. The van der Waals surface area contributed by atoms with Crippen molar-refractivity contribution in [3.8, 4) is 5.69 Å². The molecule has 0 bridgehead atoms. The minimum absolute atomic E-state index is 0. The molecule has 0 unspecified atom stereocenters. The summed E-state index contributed by atoms with van der Waals surface area (Å²) in [7, 11) is 1.90. The monoisotopic (exact) mass is 308 g/mol. The number of nitrogens with zero attached hydrogens (tertiary/aromatic N) is 2. The van der Waals surface area contributed by atoms with Crippen LogP contribution in [-0.4, -0.2) is 35.8 Å². The van der Waals surface area contributed by atoms with Gasteiger partial charge in [-0.1, -0.05) is 18.2 Å². The lowest BCUT2D eigenvalue weighted by molar-refractivity contribution is 0.0952. The van der Waals surface area contributed by atoms with E-state index in [1.807, 2.05) is 44.3 Å². The van der Waals surface area contributed by atoms with Crippen molar-refractivity contribution in [2.45, 2.75) is 13.3 Å². The largest absolute Gasteiger partial charge is 0.352 e. The molecule has 1 aromatic carbocycles. The first-order chi connectivity index (χ1) is 9.74. The quantitative estimate of drug-likeness (QED) is 0.802. The smallest absolute Gasteiger partial charge is 0.254 e. The minimum atomic E-state index is -0.0687. The summed E-state index contributed by atoms with van der Waals surface area (Å²) in [5.74, 6) is -0.0687. The zero-order chi connectivity index (χ0) is 14.4. The number of para-hydroxylation sites is 1. The van der Waals surface area contributed by atoms with E-state index in [0.717, 1.165) is 24.3 Å². The Labute approximate surface area is 131 Å². The highest BCUT2D eigenvalue weighted by atomic mass is 35.5. The van der Waals surface area contributed by atoms with Crippen molar-refractivity contribution in [3.05, 3.63) is 47.8 Å². The molecule has 0 aliphatic heterocycles. The summed E-state index contributed by atoms with van der Waals surface area (Å²) in [6.07, 6.45) is 2.53. The van der Waals surface area contributed by atoms with Crippen LogP contribution in [0, 0.1) is 6.92 Å². The topological polar surface area (TPSA) is 58.9 Å². The van der Waals surface area contributed by atoms with Gasteiger partial charge in [-0.25, -0.2) is 4.68 Å². The number of carbonyl (C=O) groups excluding carboxylic acids is 1. The average Bonchev–Trinajstić information content (AvgIpc) is 2.86. The molecule has 21 heavy (non-hydrogen) atoms. The van der Waals surface area contributed by atoms with Crippen molar-refractivity contribution >= 4 is 18.3 Å². The van der Waals surface area contributed by atoms with Crippen LogP contribution in [0.3, 0.4) is 0 Å². The Kier molecular flexibility index (Phi) is 6.91. The highest BCUT2D eigenvalue weighted by molar-refractivity contribution is 5.95. The van der Waals surface area contributed by atoms with E-state index in [0.29, 0.717) is 12.1 Å². The van der Waals surface area contributed by atoms with Crippen LogP contribution in [0.5, 0.6) is 0 Å². The zero-order valence-electron chi connectivity index (χ0n) is 12.3. The average molecular weight is 309 g/mol. The van der Waals surface area contributed by atoms with Crippen LogP contribution in [-0.2, 0) is 0 Å². The summed E-state index contributed by atoms with van der Waals surface area (Å²) in [4.78, 5) is 12.1. The molecule has 0 radical (unpaired) electrons. The van der Waals surface area contributed by atoms with Gasteiger partial charge < -0.3 is 10.6 Å². The van der Waals surface area contributed by atoms with Crippen LogP contribution in [0.2, 0.25) is 0 Å². The molecule has 0 spiro atoms. The van der Waals surface area contributed by atoms with Crippen molar-refractivity contribution in [2.75, 3.05) is 20.1 Å². The lowest BCUT2D eigenvalue weighted by atomic mass is 10.2. The molecule has 2 N–H and O–H groups in total. The summed E-state index contributed by atoms with van der Waals surface area (Å²) in [6, 6.07) is 9.79. The molecular weight excluding hydrogens is 288 g/mol. The third-order valence-electron chi connectivity index (χ3n) is 3.14. The molecule has 0 aliphatic carbocycles. The van der Waals surface area contributed by atoms with Crippen LogP contribution in [0.1, 0.15) is 22.5 Å². The van der Waals surface area contributed by atoms with Crippen LogP contribution in [0.4, 0.5) is 0 Å². The Bertz CT molecular complexity index is 568. The van der Waals surface area contributed by atoms with Gasteiger partial charge in [-0.05, 0) is 39.1 Å². The van der Waals surface area contributed by atoms with E-state index < -0.39 is 0 Å². The molecule has 6 heteroatoms. The standard InChI is InChI=1S/C15H20N4O.ClH/c1-12-14(15(20)17-10-6-9-16-2)11-18-19(12)13-7-4-3-5-8-13;/h3-5,7-8,11,16H,6,9-10H2,1-2H3,(H,17,20);1H. The molecule has 0 saturated carbocycles. The van der Waals surface area contributed by atoms with Crippen molar-refractivity contribution < 1.29 is 4.79 Å². The summed E-state index contributed by atoms with van der Waals surface area (Å²) in [5, 5.41) is 10.3. The number of benzene rings is 1. The van der Waals surface area contributed by atoms with E-state index >= 15 is 0 Å².